The van der Waals surface area contributed by atoms with E-state index in [4.69, 9.17) is 4.52 Å². The zero-order chi connectivity index (χ0) is 17.9. The van der Waals surface area contributed by atoms with Crippen molar-refractivity contribution in [1.82, 2.24) is 15.0 Å². The molecule has 1 N–H and O–H groups in total. The average molecular weight is 351 g/mol. The van der Waals surface area contributed by atoms with Crippen molar-refractivity contribution in [3.05, 3.63) is 35.7 Å². The first-order valence-electron chi connectivity index (χ1n) is 9.16. The second kappa shape index (κ2) is 7.20. The standard InChI is InChI=1S/C20H21N3O3/c24-20(25)23-13-3-6-17(23)19-21-18(22-26-19)16-11-9-15(10-12-16)8-7-14-4-1-2-5-14/h9-12,14,17H,1-6,13H2,(H,24,25). The van der Waals surface area contributed by atoms with E-state index in [1.54, 1.807) is 0 Å². The van der Waals surface area contributed by atoms with Crippen molar-refractivity contribution in [2.75, 3.05) is 6.54 Å². The van der Waals surface area contributed by atoms with E-state index in [2.05, 4.69) is 22.0 Å². The van der Waals surface area contributed by atoms with E-state index < -0.39 is 6.09 Å². The van der Waals surface area contributed by atoms with E-state index in [-0.39, 0.29) is 6.04 Å². The zero-order valence-corrected chi connectivity index (χ0v) is 14.5. The SMILES string of the molecule is O=C(O)N1CCCC1c1nc(-c2ccc(C#CC3CCCC3)cc2)no1. The topological polar surface area (TPSA) is 79.5 Å². The molecule has 6 heteroatoms. The minimum atomic E-state index is -0.947. The highest BCUT2D eigenvalue weighted by atomic mass is 16.5. The van der Waals surface area contributed by atoms with Crippen LogP contribution in [0.25, 0.3) is 11.4 Å². The Kier molecular flexibility index (Phi) is 4.61. The Labute approximate surface area is 152 Å². The molecule has 1 aromatic carbocycles. The molecule has 0 radical (unpaired) electrons. The Bertz CT molecular complexity index is 841. The smallest absolute Gasteiger partial charge is 0.407 e. The van der Waals surface area contributed by atoms with Gasteiger partial charge in [0.15, 0.2) is 0 Å². The summed E-state index contributed by atoms with van der Waals surface area (Å²) in [5.41, 5.74) is 1.82. The summed E-state index contributed by atoms with van der Waals surface area (Å²) in [6.07, 6.45) is 5.58. The molecule has 1 saturated carbocycles. The minimum absolute atomic E-state index is 0.342. The molecule has 134 valence electrons. The Morgan fingerprint density at radius 3 is 2.65 bits per heavy atom. The van der Waals surface area contributed by atoms with Crippen molar-refractivity contribution in [1.29, 1.82) is 0 Å². The molecule has 1 atom stereocenters. The van der Waals surface area contributed by atoms with Gasteiger partial charge in [-0.1, -0.05) is 29.8 Å². The summed E-state index contributed by atoms with van der Waals surface area (Å²) in [7, 11) is 0. The van der Waals surface area contributed by atoms with E-state index in [9.17, 15) is 9.90 Å². The van der Waals surface area contributed by atoms with Gasteiger partial charge in [-0.2, -0.15) is 4.98 Å². The van der Waals surface area contributed by atoms with Crippen LogP contribution < -0.4 is 0 Å². The Hall–Kier alpha value is -2.81. The molecule has 6 nitrogen and oxygen atoms in total. The van der Waals surface area contributed by atoms with Crippen LogP contribution in [0.5, 0.6) is 0 Å². The van der Waals surface area contributed by atoms with Gasteiger partial charge in [-0.15, -0.1) is 0 Å². The maximum absolute atomic E-state index is 11.3. The van der Waals surface area contributed by atoms with Crippen LogP contribution in [0.2, 0.25) is 0 Å². The molecule has 1 aromatic heterocycles. The van der Waals surface area contributed by atoms with Crippen molar-refractivity contribution in [2.24, 2.45) is 5.92 Å². The number of hydrogen-bond donors (Lipinski definition) is 1. The number of hydrogen-bond acceptors (Lipinski definition) is 4. The van der Waals surface area contributed by atoms with E-state index >= 15 is 0 Å². The average Bonchev–Trinajstić information content (AvgIpc) is 3.41. The number of carbonyl (C=O) groups is 1. The molecule has 0 spiro atoms. The first kappa shape index (κ1) is 16.6. The van der Waals surface area contributed by atoms with Gasteiger partial charge < -0.3 is 9.63 Å². The zero-order valence-electron chi connectivity index (χ0n) is 14.5. The second-order valence-corrected chi connectivity index (χ2v) is 6.92. The molecule has 1 aliphatic carbocycles. The third-order valence-corrected chi connectivity index (χ3v) is 5.14. The molecule has 1 saturated heterocycles. The van der Waals surface area contributed by atoms with Crippen LogP contribution in [0.3, 0.4) is 0 Å². The number of benzene rings is 1. The Balaban J connectivity index is 1.48. The number of nitrogens with zero attached hydrogens (tertiary/aromatic N) is 3. The van der Waals surface area contributed by atoms with Crippen molar-refractivity contribution in [3.8, 4) is 23.2 Å². The van der Waals surface area contributed by atoms with Gasteiger partial charge in [0.25, 0.3) is 0 Å². The van der Waals surface area contributed by atoms with Crippen molar-refractivity contribution in [2.45, 2.75) is 44.6 Å². The fourth-order valence-electron chi connectivity index (χ4n) is 3.70. The minimum Gasteiger partial charge on any atom is -0.465 e. The Morgan fingerprint density at radius 2 is 1.92 bits per heavy atom. The van der Waals surface area contributed by atoms with Gasteiger partial charge in [0.2, 0.25) is 11.7 Å². The fraction of sp³-hybridized carbons (Fsp3) is 0.450. The molecule has 26 heavy (non-hydrogen) atoms. The quantitative estimate of drug-likeness (QED) is 0.824. The molecular formula is C20H21N3O3. The summed E-state index contributed by atoms with van der Waals surface area (Å²) >= 11 is 0. The summed E-state index contributed by atoms with van der Waals surface area (Å²) in [4.78, 5) is 17.1. The number of rotatable bonds is 2. The molecule has 2 fully saturated rings. The lowest BCUT2D eigenvalue weighted by Crippen LogP contribution is -2.28. The summed E-state index contributed by atoms with van der Waals surface area (Å²) in [6, 6.07) is 7.44. The Morgan fingerprint density at radius 1 is 1.15 bits per heavy atom. The van der Waals surface area contributed by atoms with Crippen LogP contribution in [-0.4, -0.2) is 32.8 Å². The highest BCUT2D eigenvalue weighted by Gasteiger charge is 2.34. The molecule has 2 aliphatic rings. The highest BCUT2D eigenvalue weighted by molar-refractivity contribution is 5.66. The van der Waals surface area contributed by atoms with Crippen LogP contribution in [-0.2, 0) is 0 Å². The van der Waals surface area contributed by atoms with Crippen LogP contribution >= 0.6 is 0 Å². The predicted octanol–water partition coefficient (Wildman–Crippen LogP) is 4.09. The first-order valence-corrected chi connectivity index (χ1v) is 9.16. The molecule has 4 rings (SSSR count). The van der Waals surface area contributed by atoms with Gasteiger partial charge in [-0.3, -0.25) is 4.90 Å². The first-order chi connectivity index (χ1) is 12.7. The van der Waals surface area contributed by atoms with E-state index in [1.165, 1.54) is 30.6 Å². The maximum atomic E-state index is 11.3. The second-order valence-electron chi connectivity index (χ2n) is 6.92. The molecule has 1 unspecified atom stereocenters. The van der Waals surface area contributed by atoms with Gasteiger partial charge in [-0.05, 0) is 49.9 Å². The number of amides is 1. The molecule has 1 aliphatic heterocycles. The van der Waals surface area contributed by atoms with Crippen molar-refractivity contribution in [3.63, 3.8) is 0 Å². The number of aromatic nitrogens is 2. The maximum Gasteiger partial charge on any atom is 0.407 e. The third kappa shape index (κ3) is 3.43. The normalized spacial score (nSPS) is 20.2. The molecule has 0 bridgehead atoms. The number of likely N-dealkylation sites (tertiary alicyclic amines) is 1. The summed E-state index contributed by atoms with van der Waals surface area (Å²) in [6.45, 7) is 0.506. The highest BCUT2D eigenvalue weighted by Crippen LogP contribution is 2.32. The van der Waals surface area contributed by atoms with E-state index in [0.29, 0.717) is 30.6 Å². The van der Waals surface area contributed by atoms with Crippen molar-refractivity contribution >= 4 is 6.09 Å². The summed E-state index contributed by atoms with van der Waals surface area (Å²) in [5, 5.41) is 13.3. The summed E-state index contributed by atoms with van der Waals surface area (Å²) < 4.78 is 5.33. The van der Waals surface area contributed by atoms with Crippen molar-refractivity contribution < 1.29 is 14.4 Å². The fourth-order valence-corrected chi connectivity index (χ4v) is 3.70. The lowest BCUT2D eigenvalue weighted by atomic mass is 10.1. The summed E-state index contributed by atoms with van der Waals surface area (Å²) in [5.74, 6) is 7.98. The third-order valence-electron chi connectivity index (χ3n) is 5.14. The van der Waals surface area contributed by atoms with Gasteiger partial charge >= 0.3 is 6.09 Å². The van der Waals surface area contributed by atoms with Crippen LogP contribution in [0, 0.1) is 17.8 Å². The predicted molar refractivity (Wildman–Crippen MR) is 95.3 cm³/mol. The van der Waals surface area contributed by atoms with E-state index in [0.717, 1.165) is 17.5 Å². The van der Waals surface area contributed by atoms with Gasteiger partial charge in [0.1, 0.15) is 6.04 Å². The largest absolute Gasteiger partial charge is 0.465 e. The van der Waals surface area contributed by atoms with Crippen LogP contribution in [0.4, 0.5) is 4.79 Å². The molecule has 2 aromatic rings. The van der Waals surface area contributed by atoms with E-state index in [1.807, 2.05) is 24.3 Å². The lowest BCUT2D eigenvalue weighted by Gasteiger charge is -2.17. The monoisotopic (exact) mass is 351 g/mol. The van der Waals surface area contributed by atoms with Gasteiger partial charge in [-0.25, -0.2) is 4.79 Å². The number of carboxylic acid groups (broad SMARTS) is 1. The lowest BCUT2D eigenvalue weighted by molar-refractivity contribution is 0.131. The van der Waals surface area contributed by atoms with Crippen LogP contribution in [0.1, 0.15) is 56.0 Å². The van der Waals surface area contributed by atoms with Crippen LogP contribution in [0.15, 0.2) is 28.8 Å². The molecule has 1 amide bonds. The molecular weight excluding hydrogens is 330 g/mol. The van der Waals surface area contributed by atoms with Gasteiger partial charge in [0.05, 0.1) is 0 Å². The molecule has 2 heterocycles. The van der Waals surface area contributed by atoms with Gasteiger partial charge in [0, 0.05) is 23.6 Å².